The minimum absolute atomic E-state index is 0.00847. The Morgan fingerprint density at radius 1 is 0.926 bits per heavy atom. The zero-order valence-corrected chi connectivity index (χ0v) is 15.1. The van der Waals surface area contributed by atoms with Gasteiger partial charge < -0.3 is 0 Å². The molecule has 0 saturated carbocycles. The van der Waals surface area contributed by atoms with Gasteiger partial charge in [0, 0.05) is 6.42 Å². The van der Waals surface area contributed by atoms with Crippen molar-refractivity contribution in [2.24, 2.45) is 16.4 Å². The molecule has 2 aromatic carbocycles. The third kappa shape index (κ3) is 2.48. The van der Waals surface area contributed by atoms with Crippen LogP contribution in [-0.2, 0) is 14.4 Å². The molecule has 0 N–H and O–H groups in total. The van der Waals surface area contributed by atoms with Crippen molar-refractivity contribution in [2.45, 2.75) is 20.3 Å². The van der Waals surface area contributed by atoms with E-state index in [9.17, 15) is 14.4 Å². The standard InChI is InChI=1S/C21H19N3O3/c1-14-21(2,20(27)24(22-14)16-11-7-4-8-12-16)17-13-18(25)23(19(17)26)15-9-5-3-6-10-15/h3-12,17H,13H2,1-2H3. The summed E-state index contributed by atoms with van der Waals surface area (Å²) in [4.78, 5) is 40.2. The molecule has 6 heteroatoms. The Hall–Kier alpha value is -3.28. The lowest BCUT2D eigenvalue weighted by Gasteiger charge is -2.28. The van der Waals surface area contributed by atoms with Crippen molar-refractivity contribution in [1.82, 2.24) is 0 Å². The monoisotopic (exact) mass is 361 g/mol. The fourth-order valence-corrected chi connectivity index (χ4v) is 3.75. The van der Waals surface area contributed by atoms with Crippen LogP contribution in [0.3, 0.4) is 0 Å². The van der Waals surface area contributed by atoms with Crippen molar-refractivity contribution in [3.8, 4) is 0 Å². The normalized spacial score (nSPS) is 25.3. The molecule has 27 heavy (non-hydrogen) atoms. The Balaban J connectivity index is 1.69. The van der Waals surface area contributed by atoms with Crippen LogP contribution in [-0.4, -0.2) is 23.4 Å². The zero-order valence-electron chi connectivity index (χ0n) is 15.1. The van der Waals surface area contributed by atoms with Gasteiger partial charge in [-0.1, -0.05) is 36.4 Å². The molecule has 0 aromatic heterocycles. The summed E-state index contributed by atoms with van der Waals surface area (Å²) in [6, 6.07) is 17.9. The highest BCUT2D eigenvalue weighted by molar-refractivity contribution is 6.27. The number of anilines is 2. The van der Waals surface area contributed by atoms with E-state index in [1.54, 1.807) is 50.2 Å². The van der Waals surface area contributed by atoms with E-state index >= 15 is 0 Å². The second-order valence-corrected chi connectivity index (χ2v) is 7.00. The Morgan fingerprint density at radius 2 is 1.48 bits per heavy atom. The molecular formula is C21H19N3O3. The Morgan fingerprint density at radius 3 is 2.07 bits per heavy atom. The number of imide groups is 1. The van der Waals surface area contributed by atoms with Gasteiger partial charge >= 0.3 is 0 Å². The summed E-state index contributed by atoms with van der Waals surface area (Å²) in [5.74, 6) is -1.70. The molecule has 2 heterocycles. The van der Waals surface area contributed by atoms with E-state index in [0.717, 1.165) is 0 Å². The van der Waals surface area contributed by atoms with Crippen LogP contribution < -0.4 is 9.91 Å². The van der Waals surface area contributed by atoms with Gasteiger partial charge in [0.15, 0.2) is 0 Å². The fraction of sp³-hybridized carbons (Fsp3) is 0.238. The van der Waals surface area contributed by atoms with Gasteiger partial charge in [-0.2, -0.15) is 10.1 Å². The van der Waals surface area contributed by atoms with Gasteiger partial charge in [-0.05, 0) is 38.1 Å². The van der Waals surface area contributed by atoms with Gasteiger partial charge in [0.25, 0.3) is 5.91 Å². The highest BCUT2D eigenvalue weighted by atomic mass is 16.2. The van der Waals surface area contributed by atoms with E-state index in [4.69, 9.17) is 0 Å². The van der Waals surface area contributed by atoms with Gasteiger partial charge in [-0.3, -0.25) is 19.3 Å². The summed E-state index contributed by atoms with van der Waals surface area (Å²) in [7, 11) is 0. The number of hydrogen-bond donors (Lipinski definition) is 0. The molecule has 1 fully saturated rings. The van der Waals surface area contributed by atoms with Crippen LogP contribution >= 0.6 is 0 Å². The van der Waals surface area contributed by atoms with Crippen LogP contribution in [0.5, 0.6) is 0 Å². The van der Waals surface area contributed by atoms with Gasteiger partial charge in [-0.15, -0.1) is 0 Å². The molecule has 0 aliphatic carbocycles. The van der Waals surface area contributed by atoms with Crippen molar-refractivity contribution in [3.63, 3.8) is 0 Å². The molecule has 136 valence electrons. The first-order valence-corrected chi connectivity index (χ1v) is 8.81. The molecule has 2 aliphatic heterocycles. The first-order chi connectivity index (χ1) is 12.9. The third-order valence-corrected chi connectivity index (χ3v) is 5.50. The van der Waals surface area contributed by atoms with Crippen LogP contribution in [0.25, 0.3) is 0 Å². The molecular weight excluding hydrogens is 342 g/mol. The van der Waals surface area contributed by atoms with E-state index < -0.39 is 11.3 Å². The van der Waals surface area contributed by atoms with Crippen molar-refractivity contribution >= 4 is 34.8 Å². The summed E-state index contributed by atoms with van der Waals surface area (Å²) >= 11 is 0. The molecule has 0 bridgehead atoms. The number of hydrogen-bond acceptors (Lipinski definition) is 4. The highest BCUT2D eigenvalue weighted by Gasteiger charge is 2.58. The molecule has 2 aliphatic rings. The van der Waals surface area contributed by atoms with Crippen LogP contribution in [0.15, 0.2) is 65.8 Å². The number of benzene rings is 2. The van der Waals surface area contributed by atoms with Gasteiger partial charge in [0.05, 0.1) is 23.0 Å². The molecule has 2 aromatic rings. The summed E-state index contributed by atoms with van der Waals surface area (Å²) in [6.45, 7) is 3.45. The van der Waals surface area contributed by atoms with E-state index in [1.807, 2.05) is 24.3 Å². The van der Waals surface area contributed by atoms with Crippen molar-refractivity contribution in [2.75, 3.05) is 9.91 Å². The van der Waals surface area contributed by atoms with E-state index in [2.05, 4.69) is 5.10 Å². The maximum Gasteiger partial charge on any atom is 0.259 e. The molecule has 4 rings (SSSR count). The number of carbonyl (C=O) groups excluding carboxylic acids is 3. The van der Waals surface area contributed by atoms with Gasteiger partial charge in [0.1, 0.15) is 5.41 Å². The second-order valence-electron chi connectivity index (χ2n) is 7.00. The molecule has 0 radical (unpaired) electrons. The molecule has 3 amide bonds. The number of amides is 3. The van der Waals surface area contributed by atoms with Crippen LogP contribution in [0.1, 0.15) is 20.3 Å². The Bertz CT molecular complexity index is 955. The molecule has 0 spiro atoms. The average molecular weight is 361 g/mol. The van der Waals surface area contributed by atoms with Crippen LogP contribution in [0.2, 0.25) is 0 Å². The predicted molar refractivity (Wildman–Crippen MR) is 102 cm³/mol. The van der Waals surface area contributed by atoms with Crippen LogP contribution in [0, 0.1) is 11.3 Å². The smallest absolute Gasteiger partial charge is 0.259 e. The third-order valence-electron chi connectivity index (χ3n) is 5.50. The molecule has 2 atom stereocenters. The van der Waals surface area contributed by atoms with Crippen LogP contribution in [0.4, 0.5) is 11.4 Å². The minimum Gasteiger partial charge on any atom is -0.274 e. The zero-order chi connectivity index (χ0) is 19.2. The lowest BCUT2D eigenvalue weighted by Crippen LogP contribution is -2.46. The fourth-order valence-electron chi connectivity index (χ4n) is 3.75. The topological polar surface area (TPSA) is 70.1 Å². The SMILES string of the molecule is CC1=NN(c2ccccc2)C(=O)C1(C)C1CC(=O)N(c2ccccc2)C1=O. The quantitative estimate of drug-likeness (QED) is 0.789. The minimum atomic E-state index is -1.15. The van der Waals surface area contributed by atoms with Crippen molar-refractivity contribution in [1.29, 1.82) is 0 Å². The van der Waals surface area contributed by atoms with E-state index in [1.165, 1.54) is 9.91 Å². The molecule has 1 saturated heterocycles. The summed E-state index contributed by atoms with van der Waals surface area (Å²) in [5.41, 5.74) is 0.560. The lowest BCUT2D eigenvalue weighted by atomic mass is 9.72. The summed E-state index contributed by atoms with van der Waals surface area (Å²) in [6.07, 6.45) is -0.00847. The first kappa shape index (κ1) is 17.1. The lowest BCUT2D eigenvalue weighted by molar-refractivity contribution is -0.131. The van der Waals surface area contributed by atoms with Crippen molar-refractivity contribution < 1.29 is 14.4 Å². The maximum absolute atomic E-state index is 13.2. The molecule has 6 nitrogen and oxygen atoms in total. The number of rotatable bonds is 3. The Kier molecular flexibility index (Phi) is 3.91. The highest BCUT2D eigenvalue weighted by Crippen LogP contribution is 2.44. The largest absolute Gasteiger partial charge is 0.274 e. The summed E-state index contributed by atoms with van der Waals surface area (Å²) < 4.78 is 0. The maximum atomic E-state index is 13.2. The number of hydrazone groups is 1. The second kappa shape index (κ2) is 6.16. The van der Waals surface area contributed by atoms with E-state index in [-0.39, 0.29) is 24.1 Å². The number of nitrogens with zero attached hydrogens (tertiary/aromatic N) is 3. The summed E-state index contributed by atoms with van der Waals surface area (Å²) in [5, 5.41) is 5.74. The van der Waals surface area contributed by atoms with Crippen molar-refractivity contribution in [3.05, 3.63) is 60.7 Å². The Labute approximate surface area is 157 Å². The predicted octanol–water partition coefficient (Wildman–Crippen LogP) is 3.00. The average Bonchev–Trinajstić information content (AvgIpc) is 3.11. The molecule has 2 unspecified atom stereocenters. The number of carbonyl (C=O) groups is 3. The number of para-hydroxylation sites is 2. The first-order valence-electron chi connectivity index (χ1n) is 8.81. The van der Waals surface area contributed by atoms with Gasteiger partial charge in [-0.25, -0.2) is 0 Å². The van der Waals surface area contributed by atoms with E-state index in [0.29, 0.717) is 17.1 Å². The van der Waals surface area contributed by atoms with Gasteiger partial charge in [0.2, 0.25) is 11.8 Å².